The van der Waals surface area contributed by atoms with Gasteiger partial charge in [-0.1, -0.05) is 43.7 Å². The summed E-state index contributed by atoms with van der Waals surface area (Å²) in [4.78, 5) is 27.9. The van der Waals surface area contributed by atoms with Crippen molar-refractivity contribution in [1.82, 2.24) is 10.2 Å². The van der Waals surface area contributed by atoms with Crippen molar-refractivity contribution in [2.75, 3.05) is 30.8 Å². The number of carbonyl (C=O) groups is 2. The van der Waals surface area contributed by atoms with Crippen molar-refractivity contribution in [3.05, 3.63) is 59.2 Å². The predicted octanol–water partition coefficient (Wildman–Crippen LogP) is 3.27. The molecule has 0 aliphatic carbocycles. The third kappa shape index (κ3) is 7.99. The zero-order valence-electron chi connectivity index (χ0n) is 21.7. The third-order valence-corrected chi connectivity index (χ3v) is 6.79. The van der Waals surface area contributed by atoms with Crippen LogP contribution < -0.4 is 14.4 Å². The van der Waals surface area contributed by atoms with Crippen LogP contribution in [0, 0.1) is 19.8 Å². The van der Waals surface area contributed by atoms with Crippen molar-refractivity contribution < 1.29 is 22.7 Å². The van der Waals surface area contributed by atoms with Crippen LogP contribution in [0.15, 0.2) is 42.5 Å². The van der Waals surface area contributed by atoms with E-state index in [1.165, 1.54) is 4.90 Å². The van der Waals surface area contributed by atoms with Crippen LogP contribution in [0.2, 0.25) is 0 Å². The first-order valence-electron chi connectivity index (χ1n) is 11.6. The molecule has 0 heterocycles. The van der Waals surface area contributed by atoms with Crippen molar-refractivity contribution in [2.45, 2.75) is 47.2 Å². The van der Waals surface area contributed by atoms with Crippen LogP contribution in [0.1, 0.15) is 37.5 Å². The van der Waals surface area contributed by atoms with Crippen molar-refractivity contribution in [3.8, 4) is 5.75 Å². The fourth-order valence-electron chi connectivity index (χ4n) is 3.64. The standard InChI is InChI=1S/C26H37N3O5S/c1-18(2)15-27-26(31)21(5)28(16-22-9-11-23(34-6)12-10-22)25(30)17-29(35(7,32)33)24-13-8-19(3)14-20(24)4/h8-14,18,21H,15-17H2,1-7H3,(H,27,31). The molecule has 0 saturated carbocycles. The molecule has 35 heavy (non-hydrogen) atoms. The fraction of sp³-hybridized carbons (Fsp3) is 0.462. The number of aryl methyl sites for hydroxylation is 2. The molecule has 0 bridgehead atoms. The normalized spacial score (nSPS) is 12.2. The van der Waals surface area contributed by atoms with E-state index >= 15 is 0 Å². The second kappa shape index (κ2) is 12.1. The molecule has 1 atom stereocenters. The van der Waals surface area contributed by atoms with E-state index in [9.17, 15) is 18.0 Å². The van der Waals surface area contributed by atoms with Gasteiger partial charge in [0.1, 0.15) is 18.3 Å². The topological polar surface area (TPSA) is 96.0 Å². The van der Waals surface area contributed by atoms with Gasteiger partial charge in [0.05, 0.1) is 19.1 Å². The first-order chi connectivity index (χ1) is 16.3. The monoisotopic (exact) mass is 503 g/mol. The van der Waals surface area contributed by atoms with Gasteiger partial charge >= 0.3 is 0 Å². The number of hydrogen-bond acceptors (Lipinski definition) is 5. The van der Waals surface area contributed by atoms with Gasteiger partial charge in [-0.15, -0.1) is 0 Å². The van der Waals surface area contributed by atoms with E-state index in [1.807, 2.05) is 52.0 Å². The molecule has 0 fully saturated rings. The molecule has 2 amide bonds. The van der Waals surface area contributed by atoms with Crippen LogP contribution in [0.3, 0.4) is 0 Å². The summed E-state index contributed by atoms with van der Waals surface area (Å²) >= 11 is 0. The van der Waals surface area contributed by atoms with E-state index in [4.69, 9.17) is 4.74 Å². The zero-order valence-corrected chi connectivity index (χ0v) is 22.5. The second-order valence-electron chi connectivity index (χ2n) is 9.24. The maximum atomic E-state index is 13.6. The van der Waals surface area contributed by atoms with E-state index in [0.29, 0.717) is 18.0 Å². The van der Waals surface area contributed by atoms with E-state index in [0.717, 1.165) is 27.3 Å². The third-order valence-electron chi connectivity index (χ3n) is 5.66. The van der Waals surface area contributed by atoms with Crippen LogP contribution in [-0.4, -0.2) is 57.6 Å². The van der Waals surface area contributed by atoms with E-state index in [2.05, 4.69) is 5.32 Å². The van der Waals surface area contributed by atoms with E-state index in [1.54, 1.807) is 32.2 Å². The Balaban J connectivity index is 2.39. The average molecular weight is 504 g/mol. The van der Waals surface area contributed by atoms with Crippen LogP contribution in [-0.2, 0) is 26.2 Å². The lowest BCUT2D eigenvalue weighted by Crippen LogP contribution is -2.51. The van der Waals surface area contributed by atoms with E-state index < -0.39 is 28.5 Å². The Kier molecular flexibility index (Phi) is 9.71. The van der Waals surface area contributed by atoms with Crippen LogP contribution >= 0.6 is 0 Å². The average Bonchev–Trinajstić information content (AvgIpc) is 2.79. The summed E-state index contributed by atoms with van der Waals surface area (Å²) in [6, 6.07) is 11.8. The Morgan fingerprint density at radius 2 is 1.66 bits per heavy atom. The molecule has 0 aliphatic heterocycles. The zero-order chi connectivity index (χ0) is 26.3. The molecule has 0 aliphatic rings. The highest BCUT2D eigenvalue weighted by atomic mass is 32.2. The van der Waals surface area contributed by atoms with Gasteiger partial charge in [-0.25, -0.2) is 8.42 Å². The number of ether oxygens (including phenoxy) is 1. The Morgan fingerprint density at radius 1 is 1.03 bits per heavy atom. The fourth-order valence-corrected chi connectivity index (χ4v) is 4.55. The SMILES string of the molecule is COc1ccc(CN(C(=O)CN(c2ccc(C)cc2C)S(C)(=O)=O)C(C)C(=O)NCC(C)C)cc1. The molecule has 192 valence electrons. The molecule has 1 unspecified atom stereocenters. The summed E-state index contributed by atoms with van der Waals surface area (Å²) in [6.07, 6.45) is 1.08. The summed E-state index contributed by atoms with van der Waals surface area (Å²) in [5.74, 6) is 0.158. The minimum Gasteiger partial charge on any atom is -0.497 e. The smallest absolute Gasteiger partial charge is 0.244 e. The minimum absolute atomic E-state index is 0.142. The van der Waals surface area contributed by atoms with Crippen molar-refractivity contribution in [3.63, 3.8) is 0 Å². The molecule has 8 nitrogen and oxygen atoms in total. The summed E-state index contributed by atoms with van der Waals surface area (Å²) in [5.41, 5.74) is 2.96. The van der Waals surface area contributed by atoms with Gasteiger partial charge in [-0.2, -0.15) is 0 Å². The van der Waals surface area contributed by atoms with Crippen molar-refractivity contribution >= 4 is 27.5 Å². The minimum atomic E-state index is -3.76. The Labute approximate surface area is 209 Å². The first kappa shape index (κ1) is 28.2. The van der Waals surface area contributed by atoms with Gasteiger partial charge in [-0.3, -0.25) is 13.9 Å². The summed E-state index contributed by atoms with van der Waals surface area (Å²) in [7, 11) is -2.19. The van der Waals surface area contributed by atoms with Gasteiger partial charge in [-0.05, 0) is 56.0 Å². The maximum absolute atomic E-state index is 13.6. The Morgan fingerprint density at radius 3 is 2.17 bits per heavy atom. The van der Waals surface area contributed by atoms with Crippen molar-refractivity contribution in [1.29, 1.82) is 0 Å². The Bertz CT molecular complexity index is 1130. The van der Waals surface area contributed by atoms with Crippen LogP contribution in [0.4, 0.5) is 5.69 Å². The molecular formula is C26H37N3O5S. The molecule has 9 heteroatoms. The van der Waals surface area contributed by atoms with Crippen LogP contribution in [0.25, 0.3) is 0 Å². The molecule has 0 radical (unpaired) electrons. The molecule has 1 N–H and O–H groups in total. The highest BCUT2D eigenvalue weighted by Gasteiger charge is 2.30. The van der Waals surface area contributed by atoms with Gasteiger partial charge in [0.25, 0.3) is 0 Å². The summed E-state index contributed by atoms with van der Waals surface area (Å²) < 4.78 is 31.7. The summed E-state index contributed by atoms with van der Waals surface area (Å²) in [5, 5.41) is 2.87. The highest BCUT2D eigenvalue weighted by Crippen LogP contribution is 2.24. The molecular weight excluding hydrogens is 466 g/mol. The van der Waals surface area contributed by atoms with Gasteiger partial charge in [0.2, 0.25) is 21.8 Å². The van der Waals surface area contributed by atoms with Crippen LogP contribution in [0.5, 0.6) is 5.75 Å². The van der Waals surface area contributed by atoms with Crippen molar-refractivity contribution in [2.24, 2.45) is 5.92 Å². The number of benzene rings is 2. The Hall–Kier alpha value is -3.07. The first-order valence-corrected chi connectivity index (χ1v) is 13.4. The summed E-state index contributed by atoms with van der Waals surface area (Å²) in [6.45, 7) is 9.55. The molecule has 0 aromatic heterocycles. The number of methoxy groups -OCH3 is 1. The number of rotatable bonds is 11. The number of carbonyl (C=O) groups excluding carboxylic acids is 2. The number of amides is 2. The van der Waals surface area contributed by atoms with Gasteiger partial charge in [0.15, 0.2) is 0 Å². The predicted molar refractivity (Wildman–Crippen MR) is 139 cm³/mol. The number of nitrogens with one attached hydrogen (secondary N) is 1. The van der Waals surface area contributed by atoms with Gasteiger partial charge < -0.3 is 15.0 Å². The lowest BCUT2D eigenvalue weighted by molar-refractivity contribution is -0.139. The molecule has 2 aromatic rings. The molecule has 2 aromatic carbocycles. The molecule has 0 spiro atoms. The maximum Gasteiger partial charge on any atom is 0.244 e. The molecule has 2 rings (SSSR count). The second-order valence-corrected chi connectivity index (χ2v) is 11.2. The number of nitrogens with zero attached hydrogens (tertiary/aromatic N) is 2. The largest absolute Gasteiger partial charge is 0.497 e. The number of hydrogen-bond donors (Lipinski definition) is 1. The highest BCUT2D eigenvalue weighted by molar-refractivity contribution is 7.92. The molecule has 0 saturated heterocycles. The lowest BCUT2D eigenvalue weighted by atomic mass is 10.1. The number of sulfonamides is 1. The number of anilines is 1. The lowest BCUT2D eigenvalue weighted by Gasteiger charge is -2.32. The van der Waals surface area contributed by atoms with E-state index in [-0.39, 0.29) is 18.4 Å². The quantitative estimate of drug-likeness (QED) is 0.508. The van der Waals surface area contributed by atoms with Gasteiger partial charge in [0, 0.05) is 13.1 Å².